The Labute approximate surface area is 99.7 Å². The monoisotopic (exact) mass is 261 g/mol. The van der Waals surface area contributed by atoms with Gasteiger partial charge in [0.25, 0.3) is 6.43 Å². The van der Waals surface area contributed by atoms with Gasteiger partial charge < -0.3 is 10.5 Å². The maximum Gasteiger partial charge on any atom is 0.364 e. The van der Waals surface area contributed by atoms with Gasteiger partial charge in [-0.05, 0) is 13.0 Å². The molecule has 1 aromatic rings. The first-order chi connectivity index (χ1) is 8.38. The molecule has 1 aromatic heterocycles. The number of nitrogen functional groups attached to an aromatic ring is 1. The van der Waals surface area contributed by atoms with Gasteiger partial charge in [0.05, 0.1) is 11.5 Å². The normalized spacial score (nSPS) is 10.4. The van der Waals surface area contributed by atoms with Gasteiger partial charge in [0.2, 0.25) is 5.69 Å². The van der Waals surface area contributed by atoms with E-state index in [-0.39, 0.29) is 6.61 Å². The number of hydrogen-bond donors (Lipinski definition) is 1. The molecule has 0 aliphatic rings. The van der Waals surface area contributed by atoms with Gasteiger partial charge in [-0.1, -0.05) is 0 Å². The summed E-state index contributed by atoms with van der Waals surface area (Å²) >= 11 is 0. The third kappa shape index (κ3) is 2.67. The van der Waals surface area contributed by atoms with Crippen LogP contribution in [-0.4, -0.2) is 22.5 Å². The second kappa shape index (κ2) is 5.34. The summed E-state index contributed by atoms with van der Waals surface area (Å²) in [5.74, 6) is -1.59. The lowest BCUT2D eigenvalue weighted by Gasteiger charge is -2.07. The van der Waals surface area contributed by atoms with Crippen LogP contribution in [0.5, 0.6) is 0 Å². The number of alkyl halides is 2. The van der Waals surface area contributed by atoms with Crippen LogP contribution >= 0.6 is 0 Å². The number of aromatic nitrogens is 1. The molecule has 0 spiro atoms. The maximum atomic E-state index is 12.7. The van der Waals surface area contributed by atoms with Gasteiger partial charge in [-0.3, -0.25) is 10.1 Å². The summed E-state index contributed by atoms with van der Waals surface area (Å²) in [6, 6.07) is 0.658. The number of nitrogens with two attached hydrogens (primary N) is 1. The van der Waals surface area contributed by atoms with E-state index in [1.165, 1.54) is 6.92 Å². The fourth-order valence-electron chi connectivity index (χ4n) is 1.28. The number of carbonyl (C=O) groups is 1. The highest BCUT2D eigenvalue weighted by Gasteiger charge is 2.32. The van der Waals surface area contributed by atoms with Crippen LogP contribution in [0.1, 0.15) is 29.4 Å². The van der Waals surface area contributed by atoms with Gasteiger partial charge in [0, 0.05) is 0 Å². The summed E-state index contributed by atoms with van der Waals surface area (Å²) in [5.41, 5.74) is 2.36. The number of esters is 1. The first kappa shape index (κ1) is 13.7. The molecule has 0 amide bonds. The van der Waals surface area contributed by atoms with Crippen molar-refractivity contribution in [2.45, 2.75) is 13.3 Å². The highest BCUT2D eigenvalue weighted by atomic mass is 19.3. The maximum absolute atomic E-state index is 12.7. The van der Waals surface area contributed by atoms with Crippen molar-refractivity contribution in [1.29, 1.82) is 0 Å². The molecular weight excluding hydrogens is 252 g/mol. The molecule has 0 atom stereocenters. The van der Waals surface area contributed by atoms with E-state index in [0.29, 0.717) is 6.07 Å². The van der Waals surface area contributed by atoms with Crippen molar-refractivity contribution in [1.82, 2.24) is 4.98 Å². The lowest BCUT2D eigenvalue weighted by Crippen LogP contribution is -2.14. The van der Waals surface area contributed by atoms with Crippen molar-refractivity contribution < 1.29 is 23.2 Å². The number of ether oxygens (including phenoxy) is 1. The van der Waals surface area contributed by atoms with Crippen LogP contribution < -0.4 is 5.73 Å². The van der Waals surface area contributed by atoms with Crippen LogP contribution in [-0.2, 0) is 4.74 Å². The zero-order valence-corrected chi connectivity index (χ0v) is 9.22. The van der Waals surface area contributed by atoms with Gasteiger partial charge in [-0.2, -0.15) is 0 Å². The van der Waals surface area contributed by atoms with Gasteiger partial charge in [-0.15, -0.1) is 0 Å². The van der Waals surface area contributed by atoms with Crippen LogP contribution in [0.2, 0.25) is 0 Å². The SMILES string of the molecule is CCOC(=O)c1nc(N)cc(C(F)F)c1[N+](=O)[O-]. The molecule has 2 N–H and O–H groups in total. The van der Waals surface area contributed by atoms with E-state index in [2.05, 4.69) is 9.72 Å². The zero-order valence-electron chi connectivity index (χ0n) is 9.22. The predicted octanol–water partition coefficient (Wildman–Crippen LogP) is 1.69. The van der Waals surface area contributed by atoms with E-state index < -0.39 is 40.1 Å². The molecule has 0 unspecified atom stereocenters. The second-order valence-corrected chi connectivity index (χ2v) is 3.11. The Balaban J connectivity index is 3.48. The fraction of sp³-hybridized carbons (Fsp3) is 0.333. The predicted molar refractivity (Wildman–Crippen MR) is 56.2 cm³/mol. The number of nitrogens with zero attached hydrogens (tertiary/aromatic N) is 2. The molecule has 0 aliphatic heterocycles. The number of halogens is 2. The second-order valence-electron chi connectivity index (χ2n) is 3.11. The van der Waals surface area contributed by atoms with E-state index in [1.807, 2.05) is 0 Å². The smallest absolute Gasteiger partial charge is 0.364 e. The molecule has 0 saturated heterocycles. The quantitative estimate of drug-likeness (QED) is 0.501. The van der Waals surface area contributed by atoms with Crippen LogP contribution in [0, 0.1) is 10.1 Å². The first-order valence-electron chi connectivity index (χ1n) is 4.78. The Kier molecular flexibility index (Phi) is 4.08. The van der Waals surface area contributed by atoms with Crippen molar-refractivity contribution in [3.8, 4) is 0 Å². The molecule has 7 nitrogen and oxygen atoms in total. The number of hydrogen-bond acceptors (Lipinski definition) is 6. The Morgan fingerprint density at radius 2 is 2.28 bits per heavy atom. The average Bonchev–Trinajstić information content (AvgIpc) is 2.27. The highest BCUT2D eigenvalue weighted by molar-refractivity contribution is 5.93. The average molecular weight is 261 g/mol. The van der Waals surface area contributed by atoms with E-state index in [1.54, 1.807) is 0 Å². The van der Waals surface area contributed by atoms with Crippen molar-refractivity contribution in [3.05, 3.63) is 27.4 Å². The number of nitro groups is 1. The summed E-state index contributed by atoms with van der Waals surface area (Å²) < 4.78 is 29.8. The lowest BCUT2D eigenvalue weighted by atomic mass is 10.1. The zero-order chi connectivity index (χ0) is 13.9. The Morgan fingerprint density at radius 1 is 1.67 bits per heavy atom. The van der Waals surface area contributed by atoms with Gasteiger partial charge in [0.1, 0.15) is 11.4 Å². The minimum atomic E-state index is -3.15. The molecule has 18 heavy (non-hydrogen) atoms. The minimum Gasteiger partial charge on any atom is -0.461 e. The van der Waals surface area contributed by atoms with Crippen LogP contribution in [0.25, 0.3) is 0 Å². The van der Waals surface area contributed by atoms with Gasteiger partial charge in [0.15, 0.2) is 0 Å². The molecule has 9 heteroatoms. The third-order valence-electron chi connectivity index (χ3n) is 1.93. The number of anilines is 1. The molecule has 0 fully saturated rings. The first-order valence-corrected chi connectivity index (χ1v) is 4.78. The van der Waals surface area contributed by atoms with Crippen molar-refractivity contribution in [3.63, 3.8) is 0 Å². The summed E-state index contributed by atoms with van der Waals surface area (Å²) in [7, 11) is 0. The topological polar surface area (TPSA) is 108 Å². The Morgan fingerprint density at radius 3 is 2.72 bits per heavy atom. The third-order valence-corrected chi connectivity index (χ3v) is 1.93. The summed E-state index contributed by atoms with van der Waals surface area (Å²) in [6.45, 7) is 1.39. The summed E-state index contributed by atoms with van der Waals surface area (Å²) in [4.78, 5) is 24.4. The summed E-state index contributed by atoms with van der Waals surface area (Å²) in [6.07, 6.45) is -3.15. The molecule has 0 aliphatic carbocycles. The van der Waals surface area contributed by atoms with Crippen molar-refractivity contribution >= 4 is 17.5 Å². The number of pyridine rings is 1. The standard InChI is InChI=1S/C9H9F2N3O4/c1-2-18-9(15)6-7(14(16)17)4(8(10)11)3-5(12)13-6/h3,8H,2H2,1H3,(H2,12,13). The van der Waals surface area contributed by atoms with E-state index in [4.69, 9.17) is 5.73 Å². The highest BCUT2D eigenvalue weighted by Crippen LogP contribution is 2.32. The molecule has 1 heterocycles. The van der Waals surface area contributed by atoms with E-state index >= 15 is 0 Å². The van der Waals surface area contributed by atoms with E-state index in [0.717, 1.165) is 0 Å². The number of carbonyl (C=O) groups excluding carboxylic acids is 1. The molecule has 0 aromatic carbocycles. The van der Waals surface area contributed by atoms with Gasteiger partial charge >= 0.3 is 11.7 Å². The minimum absolute atomic E-state index is 0.0729. The molecule has 98 valence electrons. The van der Waals surface area contributed by atoms with Crippen molar-refractivity contribution in [2.24, 2.45) is 0 Å². The summed E-state index contributed by atoms with van der Waals surface area (Å²) in [5, 5.41) is 10.8. The van der Waals surface area contributed by atoms with Gasteiger partial charge in [-0.25, -0.2) is 18.6 Å². The molecule has 0 saturated carbocycles. The van der Waals surface area contributed by atoms with E-state index in [9.17, 15) is 23.7 Å². The Hall–Kier alpha value is -2.32. The van der Waals surface area contributed by atoms with Crippen molar-refractivity contribution in [2.75, 3.05) is 12.3 Å². The van der Waals surface area contributed by atoms with Crippen LogP contribution in [0.3, 0.4) is 0 Å². The lowest BCUT2D eigenvalue weighted by molar-refractivity contribution is -0.386. The van der Waals surface area contributed by atoms with Crippen LogP contribution in [0.15, 0.2) is 6.07 Å². The Bertz CT molecular complexity index is 493. The van der Waals surface area contributed by atoms with Crippen LogP contribution in [0.4, 0.5) is 20.3 Å². The molecule has 0 radical (unpaired) electrons. The molecule has 0 bridgehead atoms. The molecular formula is C9H9F2N3O4. The number of rotatable bonds is 4. The molecule has 1 rings (SSSR count). The fourth-order valence-corrected chi connectivity index (χ4v) is 1.28. The largest absolute Gasteiger partial charge is 0.461 e.